The Labute approximate surface area is 233 Å². The lowest BCUT2D eigenvalue weighted by Gasteiger charge is -2.35. The molecule has 1 aliphatic carbocycles. The molecule has 4 amide bonds. The number of nitrogens with one attached hydrogen (secondary N) is 1. The highest BCUT2D eigenvalue weighted by Gasteiger charge is 2.33. The van der Waals surface area contributed by atoms with Gasteiger partial charge in [-0.2, -0.15) is 12.6 Å². The van der Waals surface area contributed by atoms with E-state index in [0.29, 0.717) is 24.0 Å². The maximum Gasteiger partial charge on any atom is 0.243 e. The third-order valence-electron chi connectivity index (χ3n) is 6.16. The summed E-state index contributed by atoms with van der Waals surface area (Å²) in [6.45, 7) is -0.730. The maximum absolute atomic E-state index is 13.6. The van der Waals surface area contributed by atoms with E-state index < -0.39 is 48.3 Å². The zero-order valence-electron chi connectivity index (χ0n) is 22.2. The van der Waals surface area contributed by atoms with E-state index in [1.165, 1.54) is 16.8 Å². The van der Waals surface area contributed by atoms with Crippen molar-refractivity contribution < 1.29 is 24.0 Å². The van der Waals surface area contributed by atoms with Gasteiger partial charge < -0.3 is 31.4 Å². The number of nitrogens with two attached hydrogens (primary N) is 2. The number of nitrogens with zero attached hydrogens (tertiary/aromatic N) is 3. The van der Waals surface area contributed by atoms with E-state index in [0.717, 1.165) is 5.56 Å². The summed E-state index contributed by atoms with van der Waals surface area (Å²) in [7, 11) is 3.10. The second-order valence-electron chi connectivity index (χ2n) is 9.06. The summed E-state index contributed by atoms with van der Waals surface area (Å²) in [6, 6.07) is 7.02. The number of aliphatic imine (C=N–C) groups is 1. The van der Waals surface area contributed by atoms with Crippen LogP contribution in [0.25, 0.3) is 0 Å². The second kappa shape index (κ2) is 15.6. The lowest BCUT2D eigenvalue weighted by molar-refractivity contribution is -0.142. The number of benzene rings is 1. The van der Waals surface area contributed by atoms with E-state index in [2.05, 4.69) is 22.9 Å². The number of thiol groups is 1. The molecule has 39 heavy (non-hydrogen) atoms. The highest BCUT2D eigenvalue weighted by atomic mass is 32.1. The number of rotatable bonds is 14. The number of amides is 4. The minimum Gasteiger partial charge on any atom is -0.370 e. The Balaban J connectivity index is 2.38. The van der Waals surface area contributed by atoms with Crippen LogP contribution in [0.1, 0.15) is 24.8 Å². The zero-order valence-corrected chi connectivity index (χ0v) is 23.1. The van der Waals surface area contributed by atoms with Gasteiger partial charge in [0.25, 0.3) is 0 Å². The summed E-state index contributed by atoms with van der Waals surface area (Å²) in [5, 5.41) is 2.55. The molecule has 5 N–H and O–H groups in total. The van der Waals surface area contributed by atoms with Crippen molar-refractivity contribution >= 4 is 48.3 Å². The predicted octanol–water partition coefficient (Wildman–Crippen LogP) is -0.146. The molecule has 2 unspecified atom stereocenters. The quantitative estimate of drug-likeness (QED) is 0.141. The molecule has 0 heterocycles. The Morgan fingerprint density at radius 2 is 1.90 bits per heavy atom. The van der Waals surface area contributed by atoms with E-state index in [-0.39, 0.29) is 25.1 Å². The first kappa shape index (κ1) is 31.4. The smallest absolute Gasteiger partial charge is 0.243 e. The molecule has 2 rings (SSSR count). The summed E-state index contributed by atoms with van der Waals surface area (Å²) in [4.78, 5) is 68.9. The first-order valence-corrected chi connectivity index (χ1v) is 13.1. The Morgan fingerprint density at radius 3 is 2.49 bits per heavy atom. The Kier molecular flexibility index (Phi) is 12.6. The molecule has 0 bridgehead atoms. The van der Waals surface area contributed by atoms with Gasteiger partial charge in [0, 0.05) is 31.8 Å². The number of hydrogen-bond donors (Lipinski definition) is 4. The summed E-state index contributed by atoms with van der Waals surface area (Å²) >= 11 is 4.05. The molecule has 0 aliphatic heterocycles. The normalized spacial score (nSPS) is 16.5. The molecule has 12 heteroatoms. The van der Waals surface area contributed by atoms with Crippen LogP contribution < -0.4 is 16.8 Å². The minimum absolute atomic E-state index is 0.0370. The van der Waals surface area contributed by atoms with Gasteiger partial charge in [0.15, 0.2) is 0 Å². The van der Waals surface area contributed by atoms with Crippen molar-refractivity contribution in [2.24, 2.45) is 16.5 Å². The monoisotopic (exact) mass is 556 g/mol. The fourth-order valence-corrected chi connectivity index (χ4v) is 4.31. The third kappa shape index (κ3) is 9.18. The lowest BCUT2D eigenvalue weighted by Crippen LogP contribution is -2.54. The van der Waals surface area contributed by atoms with E-state index in [4.69, 9.17) is 11.5 Å². The number of aldehydes is 1. The first-order chi connectivity index (χ1) is 18.6. The van der Waals surface area contributed by atoms with Crippen LogP contribution in [0, 0.1) is 0 Å². The van der Waals surface area contributed by atoms with Gasteiger partial charge in [-0.1, -0.05) is 48.6 Å². The Bertz CT molecular complexity index is 1140. The van der Waals surface area contributed by atoms with Gasteiger partial charge in [-0.15, -0.1) is 0 Å². The van der Waals surface area contributed by atoms with Gasteiger partial charge in [-0.3, -0.25) is 24.2 Å². The molecule has 0 aromatic heterocycles. The fraction of sp³-hybridized carbons (Fsp3) is 0.407. The average Bonchev–Trinajstić information content (AvgIpc) is 2.94. The lowest BCUT2D eigenvalue weighted by atomic mass is 9.89. The van der Waals surface area contributed by atoms with Crippen molar-refractivity contribution in [2.75, 3.05) is 32.9 Å². The van der Waals surface area contributed by atoms with E-state index in [9.17, 15) is 24.0 Å². The number of hydrogen-bond acceptors (Lipinski definition) is 8. The van der Waals surface area contributed by atoms with Gasteiger partial charge >= 0.3 is 0 Å². The zero-order chi connectivity index (χ0) is 28.9. The largest absolute Gasteiger partial charge is 0.370 e. The SMILES string of the molecule is CN=C(C1=CC=CC[C@H]1N(CC(=O)NC(C=O)CCC(N)=O)C(=O)CN(C)C(=O)C(N)CS)c1ccccc1. The minimum atomic E-state index is -0.946. The second-order valence-corrected chi connectivity index (χ2v) is 9.43. The van der Waals surface area contributed by atoms with Crippen LogP contribution in [0.3, 0.4) is 0 Å². The van der Waals surface area contributed by atoms with Crippen molar-refractivity contribution in [3.05, 3.63) is 59.7 Å². The van der Waals surface area contributed by atoms with Crippen molar-refractivity contribution in [2.45, 2.75) is 37.4 Å². The summed E-state index contributed by atoms with van der Waals surface area (Å²) in [5.74, 6) is -2.06. The van der Waals surface area contributed by atoms with Crippen molar-refractivity contribution in [3.8, 4) is 0 Å². The average molecular weight is 557 g/mol. The Morgan fingerprint density at radius 1 is 1.21 bits per heavy atom. The molecule has 11 nitrogen and oxygen atoms in total. The van der Waals surface area contributed by atoms with E-state index in [1.54, 1.807) is 7.05 Å². The van der Waals surface area contributed by atoms with Crippen LogP contribution in [0.2, 0.25) is 0 Å². The van der Waals surface area contributed by atoms with Crippen molar-refractivity contribution in [3.63, 3.8) is 0 Å². The predicted molar refractivity (Wildman–Crippen MR) is 152 cm³/mol. The first-order valence-electron chi connectivity index (χ1n) is 12.5. The summed E-state index contributed by atoms with van der Waals surface area (Å²) in [6.07, 6.45) is 6.43. The van der Waals surface area contributed by atoms with Gasteiger partial charge in [0.05, 0.1) is 30.4 Å². The highest BCUT2D eigenvalue weighted by molar-refractivity contribution is 7.80. The van der Waals surface area contributed by atoms with Gasteiger partial charge in [0.2, 0.25) is 23.6 Å². The van der Waals surface area contributed by atoms with E-state index in [1.807, 2.05) is 48.6 Å². The number of likely N-dealkylation sites (N-methyl/N-ethyl adjacent to an activating group) is 1. The molecule has 0 saturated carbocycles. The molecule has 0 fully saturated rings. The number of carbonyl (C=O) groups is 5. The maximum atomic E-state index is 13.6. The van der Waals surface area contributed by atoms with Crippen molar-refractivity contribution in [1.29, 1.82) is 0 Å². The number of allylic oxidation sites excluding steroid dienone is 2. The van der Waals surface area contributed by atoms with Crippen LogP contribution in [0.15, 0.2) is 59.1 Å². The molecule has 0 spiro atoms. The van der Waals surface area contributed by atoms with Crippen molar-refractivity contribution in [1.82, 2.24) is 15.1 Å². The van der Waals surface area contributed by atoms with Crippen LogP contribution in [-0.2, 0) is 24.0 Å². The summed E-state index contributed by atoms with van der Waals surface area (Å²) in [5.41, 5.74) is 13.2. The van der Waals surface area contributed by atoms with Gasteiger partial charge in [-0.05, 0) is 18.4 Å². The molecular weight excluding hydrogens is 520 g/mol. The standard InChI is InChI=1S/C27H36N6O5S/c1-30-26(18-8-4-3-5-9-18)20-10-6-7-11-22(20)33(25(37)15-32(2)27(38)21(28)17-39)14-24(36)31-19(16-34)12-13-23(29)35/h3-10,16,19,21-22,39H,11-15,17,28H2,1-2H3,(H2,29,35)(H,31,36)/t19?,21?,22-/m1/s1. The molecule has 0 radical (unpaired) electrons. The fourth-order valence-electron chi connectivity index (χ4n) is 4.15. The van der Waals surface area contributed by atoms with Gasteiger partial charge in [-0.25, -0.2) is 0 Å². The Hall–Kier alpha value is -3.77. The number of carbonyl (C=O) groups excluding carboxylic acids is 5. The topological polar surface area (TPSA) is 168 Å². The third-order valence-corrected chi connectivity index (χ3v) is 6.55. The molecular formula is C27H36N6O5S. The molecule has 1 aromatic rings. The molecule has 1 aromatic carbocycles. The van der Waals surface area contributed by atoms with Crippen LogP contribution in [0.5, 0.6) is 0 Å². The molecule has 1 aliphatic rings. The number of primary amides is 1. The molecule has 210 valence electrons. The van der Waals surface area contributed by atoms with Crippen LogP contribution >= 0.6 is 12.6 Å². The summed E-state index contributed by atoms with van der Waals surface area (Å²) < 4.78 is 0. The van der Waals surface area contributed by atoms with Crippen LogP contribution in [-0.4, -0.2) is 96.5 Å². The van der Waals surface area contributed by atoms with E-state index >= 15 is 0 Å². The highest BCUT2D eigenvalue weighted by Crippen LogP contribution is 2.24. The van der Waals surface area contributed by atoms with Gasteiger partial charge in [0.1, 0.15) is 12.8 Å². The van der Waals surface area contributed by atoms with Crippen LogP contribution in [0.4, 0.5) is 0 Å². The molecule has 3 atom stereocenters. The molecule has 0 saturated heterocycles.